The fourth-order valence-electron chi connectivity index (χ4n) is 6.55. The molecule has 1 aromatic heterocycles. The summed E-state index contributed by atoms with van der Waals surface area (Å²) in [5, 5.41) is 20.2. The lowest BCUT2D eigenvalue weighted by molar-refractivity contribution is -0.128. The molecule has 9 nitrogen and oxygen atoms in total. The summed E-state index contributed by atoms with van der Waals surface area (Å²) in [6, 6.07) is 2.78. The third kappa shape index (κ3) is 6.08. The molecule has 1 radical (unpaired) electrons. The molecule has 2 aliphatic carbocycles. The number of piperazine rings is 1. The number of carbonyl (C=O) groups is 1. The second-order valence-electron chi connectivity index (χ2n) is 11.6. The van der Waals surface area contributed by atoms with Gasteiger partial charge in [0.1, 0.15) is 12.4 Å². The van der Waals surface area contributed by atoms with Gasteiger partial charge in [-0.3, -0.25) is 4.79 Å². The number of nitriles is 1. The molecule has 3 heterocycles. The number of carbonyl (C=O) groups excluding carboxylic acids is 1. The van der Waals surface area contributed by atoms with E-state index in [4.69, 9.17) is 14.7 Å². The quantitative estimate of drug-likeness (QED) is 0.497. The van der Waals surface area contributed by atoms with Gasteiger partial charge < -0.3 is 24.5 Å². The highest BCUT2D eigenvalue weighted by Crippen LogP contribution is 2.37. The van der Waals surface area contributed by atoms with Crippen molar-refractivity contribution in [1.29, 1.82) is 5.26 Å². The lowest BCUT2D eigenvalue weighted by Crippen LogP contribution is -2.55. The van der Waals surface area contributed by atoms with Crippen LogP contribution in [0.4, 0.5) is 5.82 Å². The van der Waals surface area contributed by atoms with Crippen molar-refractivity contribution < 1.29 is 14.6 Å². The van der Waals surface area contributed by atoms with Crippen LogP contribution >= 0.6 is 0 Å². The minimum atomic E-state index is -0.513. The number of nitrogens with zero attached hydrogens (tertiary/aromatic N) is 6. The zero-order valence-corrected chi connectivity index (χ0v) is 23.8. The van der Waals surface area contributed by atoms with Crippen molar-refractivity contribution in [2.24, 2.45) is 5.92 Å². The highest BCUT2D eigenvalue weighted by atomic mass is 16.5. The number of aliphatic hydroxyl groups is 1. The van der Waals surface area contributed by atoms with Gasteiger partial charge in [0.15, 0.2) is 0 Å². The highest BCUT2D eigenvalue weighted by Gasteiger charge is 2.34. The number of aromatic nitrogens is 2. The van der Waals surface area contributed by atoms with Gasteiger partial charge in [-0.15, -0.1) is 0 Å². The van der Waals surface area contributed by atoms with Crippen molar-refractivity contribution in [3.8, 4) is 12.1 Å². The van der Waals surface area contributed by atoms with Gasteiger partial charge in [-0.2, -0.15) is 15.2 Å². The number of fused-ring (bicyclic) bond motifs is 1. The maximum Gasteiger partial charge on any atom is 0.318 e. The number of rotatable bonds is 8. The second-order valence-corrected chi connectivity index (χ2v) is 11.6. The summed E-state index contributed by atoms with van der Waals surface area (Å²) >= 11 is 0. The van der Waals surface area contributed by atoms with Crippen molar-refractivity contribution in [2.75, 3.05) is 44.7 Å². The Labute approximate surface area is 237 Å². The normalized spacial score (nSPS) is 27.2. The van der Waals surface area contributed by atoms with E-state index in [0.29, 0.717) is 44.2 Å². The molecule has 2 saturated heterocycles. The molecule has 1 N–H and O–H groups in total. The Balaban J connectivity index is 1.40. The standard InChI is InChI=1S/C31H41N6O3/c1-4-28(38)37-16-15-36(19-24(37)12-13-32)30-26-11-10-22(17-23-8-5-7-21(2)29(23)39)18-27(26)33-31(34-30)40-20-25-9-6-14-35(25)3/h4-5,7-8,22,24-25,29,39H,1,6,9-12,14-20H2,2-3H3/t22-,24?,25?,29?/m0/s1. The van der Waals surface area contributed by atoms with Gasteiger partial charge in [-0.25, -0.2) is 0 Å². The Bertz CT molecular complexity index is 1210. The van der Waals surface area contributed by atoms with Crippen LogP contribution in [0.3, 0.4) is 0 Å². The van der Waals surface area contributed by atoms with Crippen molar-refractivity contribution in [3.05, 3.63) is 53.6 Å². The largest absolute Gasteiger partial charge is 0.462 e. The molecule has 40 heavy (non-hydrogen) atoms. The molecule has 0 saturated carbocycles. The van der Waals surface area contributed by atoms with E-state index in [1.807, 2.05) is 25.2 Å². The van der Waals surface area contributed by atoms with Crippen LogP contribution in [0.1, 0.15) is 50.3 Å². The first kappa shape index (κ1) is 28.3. The van der Waals surface area contributed by atoms with Crippen LogP contribution in [-0.2, 0) is 17.6 Å². The van der Waals surface area contributed by atoms with Crippen molar-refractivity contribution in [2.45, 2.75) is 70.1 Å². The molecule has 0 bridgehead atoms. The first-order chi connectivity index (χ1) is 19.4. The van der Waals surface area contributed by atoms with Crippen LogP contribution in [0.5, 0.6) is 6.01 Å². The van der Waals surface area contributed by atoms with Crippen molar-refractivity contribution in [1.82, 2.24) is 19.8 Å². The topological polar surface area (TPSA) is 106 Å². The van der Waals surface area contributed by atoms with Gasteiger partial charge >= 0.3 is 6.01 Å². The Morgan fingerprint density at radius 3 is 2.88 bits per heavy atom. The van der Waals surface area contributed by atoms with E-state index >= 15 is 0 Å². The van der Waals surface area contributed by atoms with Gasteiger partial charge in [0, 0.05) is 37.2 Å². The van der Waals surface area contributed by atoms with E-state index in [1.165, 1.54) is 12.5 Å². The van der Waals surface area contributed by atoms with Crippen molar-refractivity contribution >= 4 is 11.7 Å². The van der Waals surface area contributed by atoms with Gasteiger partial charge in [0.25, 0.3) is 0 Å². The number of hydrogen-bond acceptors (Lipinski definition) is 8. The van der Waals surface area contributed by atoms with Crippen LogP contribution in [0.2, 0.25) is 0 Å². The fourth-order valence-corrected chi connectivity index (χ4v) is 6.55. The molecule has 1 amide bonds. The van der Waals surface area contributed by atoms with E-state index in [2.05, 4.69) is 29.5 Å². The Hall–Kier alpha value is -3.22. The number of likely N-dealkylation sites (tertiary alicyclic amines) is 1. The number of ether oxygens (including phenoxy) is 1. The molecule has 0 spiro atoms. The van der Waals surface area contributed by atoms with Crippen LogP contribution in [0.25, 0.3) is 0 Å². The smallest absolute Gasteiger partial charge is 0.318 e. The summed E-state index contributed by atoms with van der Waals surface area (Å²) in [5.74, 6) is 2.08. The lowest BCUT2D eigenvalue weighted by Gasteiger charge is -2.42. The second kappa shape index (κ2) is 12.5. The molecule has 2 aliphatic heterocycles. The monoisotopic (exact) mass is 545 g/mol. The molecule has 9 heteroatoms. The summed E-state index contributed by atoms with van der Waals surface area (Å²) in [5.41, 5.74) is 3.21. The van der Waals surface area contributed by atoms with Gasteiger partial charge in [0.2, 0.25) is 5.91 Å². The molecular weight excluding hydrogens is 504 g/mol. The van der Waals surface area contributed by atoms with E-state index < -0.39 is 6.10 Å². The Morgan fingerprint density at radius 1 is 1.27 bits per heavy atom. The third-order valence-corrected chi connectivity index (χ3v) is 8.95. The number of likely N-dealkylation sites (N-methyl/N-ethyl adjacent to an activating group) is 1. The first-order valence-corrected chi connectivity index (χ1v) is 14.5. The van der Waals surface area contributed by atoms with Crippen LogP contribution in [0, 0.1) is 23.2 Å². The van der Waals surface area contributed by atoms with Crippen LogP contribution < -0.4 is 9.64 Å². The highest BCUT2D eigenvalue weighted by molar-refractivity contribution is 5.87. The molecule has 4 atom stereocenters. The lowest BCUT2D eigenvalue weighted by atomic mass is 9.79. The molecule has 3 unspecified atom stereocenters. The Kier molecular flexibility index (Phi) is 8.87. The minimum Gasteiger partial charge on any atom is -0.462 e. The van der Waals surface area contributed by atoms with Gasteiger partial charge in [-0.1, -0.05) is 31.7 Å². The predicted octanol–water partition coefficient (Wildman–Crippen LogP) is 3.01. The molecule has 4 aliphatic rings. The fraction of sp³-hybridized carbons (Fsp3) is 0.581. The molecule has 2 fully saturated rings. The third-order valence-electron chi connectivity index (χ3n) is 8.95. The maximum atomic E-state index is 12.5. The van der Waals surface area contributed by atoms with Gasteiger partial charge in [-0.05, 0) is 69.7 Å². The minimum absolute atomic E-state index is 0.140. The Morgan fingerprint density at radius 2 is 2.12 bits per heavy atom. The van der Waals surface area contributed by atoms with Crippen LogP contribution in [0.15, 0.2) is 36.5 Å². The molecule has 0 aromatic carbocycles. The van der Waals surface area contributed by atoms with Gasteiger partial charge in [0.05, 0.1) is 30.3 Å². The SMILES string of the molecule is C=CC(=O)N1CCN(c2nc(OCC3CCCN3C)nc3c2CC[C@@H](CC2=CC=C[C](C)C2O)C3)CC1CC#N. The molecule has 1 aromatic rings. The predicted molar refractivity (Wildman–Crippen MR) is 154 cm³/mol. The average Bonchev–Trinajstić information content (AvgIpc) is 3.38. The summed E-state index contributed by atoms with van der Waals surface area (Å²) in [6.45, 7) is 8.91. The van der Waals surface area contributed by atoms with E-state index in [1.54, 1.807) is 4.90 Å². The number of amides is 1. The molecule has 213 valence electrons. The number of aliphatic hydroxyl groups excluding tert-OH is 1. The molecule has 5 rings (SSSR count). The maximum absolute atomic E-state index is 12.5. The van der Waals surface area contributed by atoms with E-state index in [-0.39, 0.29) is 18.4 Å². The number of hydrogen-bond donors (Lipinski definition) is 1. The zero-order valence-electron chi connectivity index (χ0n) is 23.8. The first-order valence-electron chi connectivity index (χ1n) is 14.5. The van der Waals surface area contributed by atoms with E-state index in [9.17, 15) is 15.2 Å². The summed E-state index contributed by atoms with van der Waals surface area (Å²) in [6.07, 6.45) is 12.8. The number of allylic oxidation sites excluding steroid dienone is 2. The zero-order chi connectivity index (χ0) is 28.2. The van der Waals surface area contributed by atoms with Crippen molar-refractivity contribution in [3.63, 3.8) is 0 Å². The average molecular weight is 546 g/mol. The van der Waals surface area contributed by atoms with E-state index in [0.717, 1.165) is 67.2 Å². The summed E-state index contributed by atoms with van der Waals surface area (Å²) in [7, 11) is 2.13. The summed E-state index contributed by atoms with van der Waals surface area (Å²) in [4.78, 5) is 28.6. The molecular formula is C31H41N6O3. The van der Waals surface area contributed by atoms with Crippen LogP contribution in [-0.4, -0.2) is 88.8 Å². The summed E-state index contributed by atoms with van der Waals surface area (Å²) < 4.78 is 6.24. The number of anilines is 1.